The van der Waals surface area contributed by atoms with E-state index in [-0.39, 0.29) is 6.61 Å². The van der Waals surface area contributed by atoms with Crippen LogP contribution in [0.15, 0.2) is 0 Å². The molecule has 0 rings (SSSR count). The molecule has 0 spiro atoms. The van der Waals surface area contributed by atoms with E-state index in [9.17, 15) is 0 Å². The number of hydrogen-bond acceptors (Lipinski definition) is 3. The van der Waals surface area contributed by atoms with Crippen molar-refractivity contribution in [2.24, 2.45) is 0 Å². The number of thiol groups is 1. The zero-order valence-electron chi connectivity index (χ0n) is 4.29. The maximum Gasteiger partial charge on any atom is 0.0441 e. The van der Waals surface area contributed by atoms with Crippen LogP contribution in [0.4, 0.5) is 0 Å². The van der Waals surface area contributed by atoms with Crippen LogP contribution in [0.3, 0.4) is 0 Å². The van der Waals surface area contributed by atoms with E-state index in [1.54, 1.807) is 0 Å². The molecule has 3 heteroatoms. The first-order chi connectivity index (χ1) is 3.31. The molecule has 1 atom stereocenters. The van der Waals surface area contributed by atoms with Gasteiger partial charge in [-0.15, -0.1) is 11.7 Å². The van der Waals surface area contributed by atoms with Gasteiger partial charge < -0.3 is 5.11 Å². The van der Waals surface area contributed by atoms with Crippen molar-refractivity contribution in [2.75, 3.05) is 6.61 Å². The summed E-state index contributed by atoms with van der Waals surface area (Å²) in [4.78, 5) is 0. The van der Waals surface area contributed by atoms with Crippen molar-refractivity contribution in [1.29, 1.82) is 0 Å². The highest BCUT2D eigenvalue weighted by atomic mass is 33.1. The van der Waals surface area contributed by atoms with Crippen LogP contribution < -0.4 is 0 Å². The van der Waals surface area contributed by atoms with E-state index in [4.69, 9.17) is 5.11 Å². The molecule has 1 unspecified atom stereocenters. The molecule has 0 saturated heterocycles. The Morgan fingerprint density at radius 2 is 2.43 bits per heavy atom. The standard InChI is InChI=1S/C4H10OS2/c1-4(7-6)2-3-5/h4-6H,2-3H2,1H3. The zero-order valence-corrected chi connectivity index (χ0v) is 6.01. The number of aliphatic hydroxyl groups is 1. The van der Waals surface area contributed by atoms with Crippen molar-refractivity contribution < 1.29 is 5.11 Å². The van der Waals surface area contributed by atoms with Gasteiger partial charge in [0.05, 0.1) is 0 Å². The van der Waals surface area contributed by atoms with E-state index >= 15 is 0 Å². The van der Waals surface area contributed by atoms with Crippen LogP contribution in [0, 0.1) is 0 Å². The highest BCUT2D eigenvalue weighted by molar-refractivity contribution is 8.68. The topological polar surface area (TPSA) is 20.2 Å². The van der Waals surface area contributed by atoms with Gasteiger partial charge in [0.1, 0.15) is 0 Å². The third-order valence-corrected chi connectivity index (χ3v) is 2.39. The Kier molecular flexibility index (Phi) is 5.26. The lowest BCUT2D eigenvalue weighted by Gasteiger charge is -2.00. The molecular weight excluding hydrogens is 128 g/mol. The predicted octanol–water partition coefficient (Wildman–Crippen LogP) is 1.34. The first kappa shape index (κ1) is 7.66. The summed E-state index contributed by atoms with van der Waals surface area (Å²) in [6, 6.07) is 0. The summed E-state index contributed by atoms with van der Waals surface area (Å²) in [7, 11) is 1.48. The molecule has 0 aliphatic rings. The monoisotopic (exact) mass is 138 g/mol. The van der Waals surface area contributed by atoms with E-state index in [1.807, 2.05) is 6.92 Å². The fraction of sp³-hybridized carbons (Fsp3) is 1.00. The summed E-state index contributed by atoms with van der Waals surface area (Å²) >= 11 is 3.96. The molecular formula is C4H10OS2. The van der Waals surface area contributed by atoms with E-state index in [2.05, 4.69) is 11.7 Å². The summed E-state index contributed by atoms with van der Waals surface area (Å²) in [6.07, 6.45) is 0.841. The normalized spacial score (nSPS) is 14.1. The second-order valence-corrected chi connectivity index (χ2v) is 3.08. The van der Waals surface area contributed by atoms with Crippen molar-refractivity contribution in [2.45, 2.75) is 18.6 Å². The first-order valence-electron chi connectivity index (χ1n) is 2.22. The predicted molar refractivity (Wildman–Crippen MR) is 37.7 cm³/mol. The molecule has 0 aliphatic heterocycles. The highest BCUT2D eigenvalue weighted by Crippen LogP contribution is 2.16. The molecule has 0 aromatic rings. The van der Waals surface area contributed by atoms with E-state index < -0.39 is 0 Å². The van der Waals surface area contributed by atoms with Crippen molar-refractivity contribution >= 4 is 22.5 Å². The average molecular weight is 138 g/mol. The Morgan fingerprint density at radius 1 is 1.86 bits per heavy atom. The third-order valence-electron chi connectivity index (χ3n) is 0.716. The lowest BCUT2D eigenvalue weighted by Crippen LogP contribution is -1.95. The Labute approximate surface area is 53.3 Å². The molecule has 0 fully saturated rings. The number of hydrogen-bond donors (Lipinski definition) is 2. The van der Waals surface area contributed by atoms with Crippen molar-refractivity contribution in [3.8, 4) is 0 Å². The number of rotatable bonds is 3. The smallest absolute Gasteiger partial charge is 0.0441 e. The van der Waals surface area contributed by atoms with Crippen LogP contribution in [0.1, 0.15) is 13.3 Å². The van der Waals surface area contributed by atoms with Gasteiger partial charge in [0.15, 0.2) is 0 Å². The summed E-state index contributed by atoms with van der Waals surface area (Å²) in [5.74, 6) is 0. The molecule has 0 saturated carbocycles. The Balaban J connectivity index is 2.83. The first-order valence-corrected chi connectivity index (χ1v) is 4.15. The van der Waals surface area contributed by atoms with Gasteiger partial charge in [-0.25, -0.2) is 0 Å². The van der Waals surface area contributed by atoms with Gasteiger partial charge in [0.2, 0.25) is 0 Å². The van der Waals surface area contributed by atoms with Gasteiger partial charge in [-0.3, -0.25) is 0 Å². The molecule has 0 amide bonds. The van der Waals surface area contributed by atoms with Crippen LogP contribution >= 0.6 is 22.5 Å². The molecule has 44 valence electrons. The van der Waals surface area contributed by atoms with Crippen molar-refractivity contribution in [3.05, 3.63) is 0 Å². The molecule has 0 aromatic carbocycles. The molecule has 0 aliphatic carbocycles. The lowest BCUT2D eigenvalue weighted by molar-refractivity contribution is 0.289. The van der Waals surface area contributed by atoms with E-state index in [0.29, 0.717) is 5.25 Å². The minimum absolute atomic E-state index is 0.273. The summed E-state index contributed by atoms with van der Waals surface area (Å²) in [5.41, 5.74) is 0. The summed E-state index contributed by atoms with van der Waals surface area (Å²) in [5, 5.41) is 8.80. The van der Waals surface area contributed by atoms with E-state index in [0.717, 1.165) is 6.42 Å². The van der Waals surface area contributed by atoms with Crippen molar-refractivity contribution in [3.63, 3.8) is 0 Å². The number of aliphatic hydroxyl groups excluding tert-OH is 1. The maximum atomic E-state index is 8.32. The van der Waals surface area contributed by atoms with Crippen LogP contribution in [-0.4, -0.2) is 17.0 Å². The van der Waals surface area contributed by atoms with Crippen LogP contribution in [0.2, 0.25) is 0 Å². The second-order valence-electron chi connectivity index (χ2n) is 1.43. The third kappa shape index (κ3) is 4.51. The Bertz CT molecular complexity index is 40.7. The zero-order chi connectivity index (χ0) is 5.70. The second kappa shape index (κ2) is 4.81. The summed E-state index contributed by atoms with van der Waals surface area (Å²) in [6.45, 7) is 2.31. The minimum Gasteiger partial charge on any atom is -0.396 e. The van der Waals surface area contributed by atoms with Crippen molar-refractivity contribution in [1.82, 2.24) is 0 Å². The highest BCUT2D eigenvalue weighted by Gasteiger charge is 1.95. The Morgan fingerprint density at radius 3 is 2.57 bits per heavy atom. The SMILES string of the molecule is CC(CCO)SS. The van der Waals surface area contributed by atoms with Gasteiger partial charge >= 0.3 is 0 Å². The van der Waals surface area contributed by atoms with Gasteiger partial charge in [0.25, 0.3) is 0 Å². The summed E-state index contributed by atoms with van der Waals surface area (Å²) < 4.78 is 0. The fourth-order valence-electron chi connectivity index (χ4n) is 0.235. The molecule has 0 heterocycles. The molecule has 1 nitrogen and oxygen atoms in total. The maximum absolute atomic E-state index is 8.32. The van der Waals surface area contributed by atoms with Gasteiger partial charge in [0, 0.05) is 11.9 Å². The van der Waals surface area contributed by atoms with Gasteiger partial charge in [-0.1, -0.05) is 17.7 Å². The molecule has 7 heavy (non-hydrogen) atoms. The van der Waals surface area contributed by atoms with E-state index in [1.165, 1.54) is 10.8 Å². The average Bonchev–Trinajstić information content (AvgIpc) is 1.68. The van der Waals surface area contributed by atoms with Crippen LogP contribution in [0.25, 0.3) is 0 Å². The Hall–Kier alpha value is 0.660. The molecule has 1 N–H and O–H groups in total. The van der Waals surface area contributed by atoms with Gasteiger partial charge in [-0.05, 0) is 6.42 Å². The van der Waals surface area contributed by atoms with Crippen LogP contribution in [0.5, 0.6) is 0 Å². The van der Waals surface area contributed by atoms with Gasteiger partial charge in [-0.2, -0.15) is 0 Å². The minimum atomic E-state index is 0.273. The molecule has 0 bridgehead atoms. The fourth-order valence-corrected chi connectivity index (χ4v) is 0.762. The largest absolute Gasteiger partial charge is 0.396 e. The lowest BCUT2D eigenvalue weighted by atomic mass is 10.4. The van der Waals surface area contributed by atoms with Crippen LogP contribution in [-0.2, 0) is 0 Å². The quantitative estimate of drug-likeness (QED) is 0.453. The molecule has 0 aromatic heterocycles. The molecule has 0 radical (unpaired) electrons.